The molecule has 1 saturated heterocycles. The summed E-state index contributed by atoms with van der Waals surface area (Å²) in [6, 6.07) is 7.96. The molecule has 1 amide bonds. The van der Waals surface area contributed by atoms with Crippen molar-refractivity contribution in [3.8, 4) is 0 Å². The maximum Gasteiger partial charge on any atom is 0.244 e. The van der Waals surface area contributed by atoms with Crippen molar-refractivity contribution in [1.82, 2.24) is 29.9 Å². The molecule has 2 heterocycles. The fraction of sp³-hybridized carbons (Fsp3) is 0.500. The summed E-state index contributed by atoms with van der Waals surface area (Å²) < 4.78 is 1.56. The van der Waals surface area contributed by atoms with E-state index in [1.54, 1.807) is 11.0 Å². The third-order valence-corrected chi connectivity index (χ3v) is 4.77. The Morgan fingerprint density at radius 3 is 2.60 bits per heavy atom. The van der Waals surface area contributed by atoms with E-state index in [1.165, 1.54) is 17.5 Å². The molecule has 0 radical (unpaired) electrons. The highest BCUT2D eigenvalue weighted by Gasteiger charge is 2.17. The van der Waals surface area contributed by atoms with Gasteiger partial charge in [-0.15, -0.1) is 0 Å². The van der Waals surface area contributed by atoms with E-state index < -0.39 is 0 Å². The van der Waals surface area contributed by atoms with Crippen molar-refractivity contribution < 1.29 is 4.79 Å². The van der Waals surface area contributed by atoms with Crippen molar-refractivity contribution in [2.45, 2.75) is 26.1 Å². The Bertz CT molecular complexity index is 679. The standard InChI is InChI=1S/C18H26N6O/c1-15(24-14-19-13-21-24)18(25)20-11-16-5-3-4-6-17(16)12-23-9-7-22(2)8-10-23/h3-6,13-15H,7-12H2,1-2H3,(H,20,25)/t15-/m1/s1. The van der Waals surface area contributed by atoms with Crippen molar-refractivity contribution >= 4 is 5.91 Å². The predicted molar refractivity (Wildman–Crippen MR) is 95.8 cm³/mol. The van der Waals surface area contributed by atoms with Crippen LogP contribution in [0.4, 0.5) is 0 Å². The second-order valence-corrected chi connectivity index (χ2v) is 6.62. The number of likely N-dealkylation sites (N-methyl/N-ethyl adjacent to an activating group) is 1. The molecule has 134 valence electrons. The molecule has 1 aliphatic rings. The number of nitrogens with one attached hydrogen (secondary N) is 1. The molecule has 0 unspecified atom stereocenters. The van der Waals surface area contributed by atoms with Gasteiger partial charge in [0.2, 0.25) is 5.91 Å². The van der Waals surface area contributed by atoms with Crippen LogP contribution in [0.2, 0.25) is 0 Å². The van der Waals surface area contributed by atoms with E-state index >= 15 is 0 Å². The van der Waals surface area contributed by atoms with Gasteiger partial charge in [0.15, 0.2) is 0 Å². The molecule has 7 nitrogen and oxygen atoms in total. The van der Waals surface area contributed by atoms with Gasteiger partial charge in [-0.25, -0.2) is 9.67 Å². The van der Waals surface area contributed by atoms with Crippen LogP contribution >= 0.6 is 0 Å². The van der Waals surface area contributed by atoms with Crippen molar-refractivity contribution in [3.05, 3.63) is 48.0 Å². The van der Waals surface area contributed by atoms with Crippen LogP contribution in [-0.2, 0) is 17.9 Å². The molecule has 1 fully saturated rings. The van der Waals surface area contributed by atoms with Gasteiger partial charge in [-0.2, -0.15) is 5.10 Å². The van der Waals surface area contributed by atoms with E-state index in [9.17, 15) is 4.79 Å². The SMILES string of the molecule is C[C@H](C(=O)NCc1ccccc1CN1CCN(C)CC1)n1cncn1. The van der Waals surface area contributed by atoms with Gasteiger partial charge in [0, 0.05) is 39.3 Å². The number of nitrogens with zero attached hydrogens (tertiary/aromatic N) is 5. The monoisotopic (exact) mass is 342 g/mol. The van der Waals surface area contributed by atoms with Crippen molar-refractivity contribution in [2.24, 2.45) is 0 Å². The Labute approximate surface area is 148 Å². The van der Waals surface area contributed by atoms with Crippen molar-refractivity contribution in [3.63, 3.8) is 0 Å². The molecule has 1 atom stereocenters. The Balaban J connectivity index is 1.58. The average Bonchev–Trinajstić information content (AvgIpc) is 3.16. The van der Waals surface area contributed by atoms with E-state index in [0.717, 1.165) is 32.7 Å². The quantitative estimate of drug-likeness (QED) is 0.845. The van der Waals surface area contributed by atoms with Gasteiger partial charge in [0.25, 0.3) is 0 Å². The molecule has 25 heavy (non-hydrogen) atoms. The van der Waals surface area contributed by atoms with Gasteiger partial charge < -0.3 is 10.2 Å². The van der Waals surface area contributed by atoms with Gasteiger partial charge in [-0.3, -0.25) is 9.69 Å². The Morgan fingerprint density at radius 2 is 1.92 bits per heavy atom. The van der Waals surface area contributed by atoms with Crippen LogP contribution < -0.4 is 5.32 Å². The van der Waals surface area contributed by atoms with Crippen LogP contribution in [0.1, 0.15) is 24.1 Å². The van der Waals surface area contributed by atoms with Gasteiger partial charge in [0.1, 0.15) is 18.7 Å². The Morgan fingerprint density at radius 1 is 1.20 bits per heavy atom. The normalized spacial score (nSPS) is 17.4. The summed E-state index contributed by atoms with van der Waals surface area (Å²) in [5, 5.41) is 7.04. The third-order valence-electron chi connectivity index (χ3n) is 4.77. The second kappa shape index (κ2) is 8.22. The number of piperazine rings is 1. The number of aromatic nitrogens is 3. The molecule has 1 aromatic carbocycles. The highest BCUT2D eigenvalue weighted by Crippen LogP contribution is 2.14. The lowest BCUT2D eigenvalue weighted by molar-refractivity contribution is -0.124. The maximum atomic E-state index is 12.3. The molecule has 3 rings (SSSR count). The van der Waals surface area contributed by atoms with Gasteiger partial charge >= 0.3 is 0 Å². The second-order valence-electron chi connectivity index (χ2n) is 6.62. The highest BCUT2D eigenvalue weighted by atomic mass is 16.2. The fourth-order valence-corrected chi connectivity index (χ4v) is 3.00. The van der Waals surface area contributed by atoms with Crippen LogP contribution in [0.25, 0.3) is 0 Å². The minimum atomic E-state index is -0.368. The first-order valence-electron chi connectivity index (χ1n) is 8.73. The maximum absolute atomic E-state index is 12.3. The first-order valence-corrected chi connectivity index (χ1v) is 8.73. The van der Waals surface area contributed by atoms with Crippen LogP contribution in [0.15, 0.2) is 36.9 Å². The zero-order chi connectivity index (χ0) is 17.6. The number of rotatable bonds is 6. The minimum Gasteiger partial charge on any atom is -0.350 e. The van der Waals surface area contributed by atoms with Crippen LogP contribution in [-0.4, -0.2) is 63.7 Å². The first-order chi connectivity index (χ1) is 12.1. The number of hydrogen-bond donors (Lipinski definition) is 1. The van der Waals surface area contributed by atoms with E-state index in [1.807, 2.05) is 13.0 Å². The summed E-state index contributed by atoms with van der Waals surface area (Å²) in [4.78, 5) is 21.1. The van der Waals surface area contributed by atoms with Crippen LogP contribution in [0.5, 0.6) is 0 Å². The molecule has 1 aliphatic heterocycles. The lowest BCUT2D eigenvalue weighted by atomic mass is 10.1. The molecule has 1 aromatic heterocycles. The van der Waals surface area contributed by atoms with E-state index in [-0.39, 0.29) is 11.9 Å². The summed E-state index contributed by atoms with van der Waals surface area (Å²) in [5.74, 6) is -0.0556. The lowest BCUT2D eigenvalue weighted by Gasteiger charge is -2.32. The van der Waals surface area contributed by atoms with E-state index in [0.29, 0.717) is 6.54 Å². The van der Waals surface area contributed by atoms with E-state index in [4.69, 9.17) is 0 Å². The fourth-order valence-electron chi connectivity index (χ4n) is 3.00. The molecule has 0 spiro atoms. The molecule has 0 aliphatic carbocycles. The Kier molecular flexibility index (Phi) is 5.78. The van der Waals surface area contributed by atoms with Gasteiger partial charge in [-0.1, -0.05) is 24.3 Å². The number of hydrogen-bond acceptors (Lipinski definition) is 5. The summed E-state index contributed by atoms with van der Waals surface area (Å²) in [5.41, 5.74) is 2.45. The lowest BCUT2D eigenvalue weighted by Crippen LogP contribution is -2.44. The van der Waals surface area contributed by atoms with E-state index in [2.05, 4.69) is 50.4 Å². The minimum absolute atomic E-state index is 0.0556. The Hall–Kier alpha value is -2.25. The molecular formula is C18H26N6O. The highest BCUT2D eigenvalue weighted by molar-refractivity contribution is 5.79. The zero-order valence-electron chi connectivity index (χ0n) is 14.9. The number of benzene rings is 1. The number of carbonyl (C=O) groups is 1. The summed E-state index contributed by atoms with van der Waals surface area (Å²) in [6.07, 6.45) is 3.00. The summed E-state index contributed by atoms with van der Waals surface area (Å²) in [6.45, 7) is 7.66. The molecule has 7 heteroatoms. The first kappa shape index (κ1) is 17.6. The number of amides is 1. The van der Waals surface area contributed by atoms with Crippen LogP contribution in [0.3, 0.4) is 0 Å². The van der Waals surface area contributed by atoms with Crippen molar-refractivity contribution in [2.75, 3.05) is 33.2 Å². The average molecular weight is 342 g/mol. The molecular weight excluding hydrogens is 316 g/mol. The molecule has 1 N–H and O–H groups in total. The van der Waals surface area contributed by atoms with Crippen LogP contribution in [0, 0.1) is 0 Å². The topological polar surface area (TPSA) is 66.3 Å². The zero-order valence-corrected chi connectivity index (χ0v) is 14.9. The predicted octanol–water partition coefficient (Wildman–Crippen LogP) is 0.903. The largest absolute Gasteiger partial charge is 0.350 e. The molecule has 2 aromatic rings. The number of carbonyl (C=O) groups excluding carboxylic acids is 1. The van der Waals surface area contributed by atoms with Gasteiger partial charge in [-0.05, 0) is 25.1 Å². The van der Waals surface area contributed by atoms with Crippen molar-refractivity contribution in [1.29, 1.82) is 0 Å². The molecule has 0 bridgehead atoms. The summed E-state index contributed by atoms with van der Waals surface area (Å²) in [7, 11) is 2.16. The summed E-state index contributed by atoms with van der Waals surface area (Å²) >= 11 is 0. The smallest absolute Gasteiger partial charge is 0.244 e. The van der Waals surface area contributed by atoms with Gasteiger partial charge in [0.05, 0.1) is 0 Å². The third kappa shape index (κ3) is 4.64. The molecule has 0 saturated carbocycles.